The molecular formula is C15H23N3O2S. The van der Waals surface area contributed by atoms with E-state index in [0.29, 0.717) is 4.90 Å². The Bertz CT molecular complexity index is 592. The summed E-state index contributed by atoms with van der Waals surface area (Å²) in [5.74, 6) is 0. The first kappa shape index (κ1) is 16.0. The molecule has 0 aliphatic carbocycles. The molecule has 0 fully saturated rings. The minimum Gasteiger partial charge on any atom is -0.385 e. The van der Waals surface area contributed by atoms with Gasteiger partial charge in [-0.2, -0.15) is 0 Å². The van der Waals surface area contributed by atoms with E-state index in [1.807, 2.05) is 12.1 Å². The van der Waals surface area contributed by atoms with Crippen LogP contribution in [0.5, 0.6) is 0 Å². The van der Waals surface area contributed by atoms with Crippen LogP contribution in [0.2, 0.25) is 0 Å². The molecule has 1 heterocycles. The third kappa shape index (κ3) is 4.30. The molecule has 1 aliphatic rings. The van der Waals surface area contributed by atoms with E-state index in [1.165, 1.54) is 24.0 Å². The Morgan fingerprint density at radius 3 is 2.52 bits per heavy atom. The van der Waals surface area contributed by atoms with Gasteiger partial charge in [-0.15, -0.1) is 0 Å². The second-order valence-electron chi connectivity index (χ2n) is 5.31. The lowest BCUT2D eigenvalue weighted by Gasteiger charge is -2.15. The molecule has 0 aromatic heterocycles. The lowest BCUT2D eigenvalue weighted by molar-refractivity contribution is 0.521. The van der Waals surface area contributed by atoms with E-state index in [4.69, 9.17) is 0 Å². The quantitative estimate of drug-likeness (QED) is 0.785. The normalized spacial score (nSPS) is 15.9. The largest absolute Gasteiger partial charge is 0.385 e. The number of sulfonamides is 1. The molecule has 2 rings (SSSR count). The van der Waals surface area contributed by atoms with Crippen LogP contribution in [0.25, 0.3) is 0 Å². The molecule has 6 heteroatoms. The number of hydrogen-bond acceptors (Lipinski definition) is 4. The third-order valence-electron chi connectivity index (χ3n) is 3.57. The minimum atomic E-state index is -3.34. The van der Waals surface area contributed by atoms with Gasteiger partial charge in [0.05, 0.1) is 4.90 Å². The zero-order valence-corrected chi connectivity index (χ0v) is 13.4. The SMILES string of the molecule is CN(C)S(=O)(=O)c1ccc(NCCC2=CCNCC2)cc1. The van der Waals surface area contributed by atoms with Crippen LogP contribution in [-0.2, 0) is 10.0 Å². The van der Waals surface area contributed by atoms with Crippen LogP contribution in [0.15, 0.2) is 40.8 Å². The van der Waals surface area contributed by atoms with Crippen LogP contribution in [0.1, 0.15) is 12.8 Å². The van der Waals surface area contributed by atoms with Crippen molar-refractivity contribution in [2.45, 2.75) is 17.7 Å². The monoisotopic (exact) mass is 309 g/mol. The molecule has 2 N–H and O–H groups in total. The maximum absolute atomic E-state index is 12.0. The Balaban J connectivity index is 1.89. The van der Waals surface area contributed by atoms with E-state index >= 15 is 0 Å². The van der Waals surface area contributed by atoms with Gasteiger partial charge in [-0.05, 0) is 43.7 Å². The van der Waals surface area contributed by atoms with Crippen molar-refractivity contribution in [3.8, 4) is 0 Å². The van der Waals surface area contributed by atoms with Gasteiger partial charge in [0, 0.05) is 32.9 Å². The molecule has 1 aromatic rings. The van der Waals surface area contributed by atoms with Gasteiger partial charge >= 0.3 is 0 Å². The van der Waals surface area contributed by atoms with Crippen molar-refractivity contribution in [1.82, 2.24) is 9.62 Å². The van der Waals surface area contributed by atoms with E-state index in [1.54, 1.807) is 12.1 Å². The molecule has 0 saturated heterocycles. The zero-order valence-electron chi connectivity index (χ0n) is 12.6. The van der Waals surface area contributed by atoms with Gasteiger partial charge < -0.3 is 10.6 Å². The van der Waals surface area contributed by atoms with E-state index in [-0.39, 0.29) is 0 Å². The van der Waals surface area contributed by atoms with Gasteiger partial charge in [-0.3, -0.25) is 0 Å². The number of rotatable bonds is 6. The highest BCUT2D eigenvalue weighted by molar-refractivity contribution is 7.89. The third-order valence-corrected chi connectivity index (χ3v) is 5.40. The van der Waals surface area contributed by atoms with Crippen LogP contribution in [0, 0.1) is 0 Å². The molecule has 0 radical (unpaired) electrons. The van der Waals surface area contributed by atoms with E-state index in [0.717, 1.165) is 38.2 Å². The molecular weight excluding hydrogens is 286 g/mol. The fourth-order valence-electron chi connectivity index (χ4n) is 2.22. The fourth-order valence-corrected chi connectivity index (χ4v) is 3.12. The summed E-state index contributed by atoms with van der Waals surface area (Å²) in [6, 6.07) is 6.91. The molecule has 0 spiro atoms. The summed E-state index contributed by atoms with van der Waals surface area (Å²) in [7, 11) is -0.270. The summed E-state index contributed by atoms with van der Waals surface area (Å²) in [6.45, 7) is 2.89. The van der Waals surface area contributed by atoms with Crippen molar-refractivity contribution >= 4 is 15.7 Å². The van der Waals surface area contributed by atoms with Crippen LogP contribution >= 0.6 is 0 Å². The Kier molecular flexibility index (Phi) is 5.39. The molecule has 0 amide bonds. The van der Waals surface area contributed by atoms with Crippen LogP contribution in [-0.4, -0.2) is 46.5 Å². The Labute approximate surface area is 127 Å². The number of nitrogens with one attached hydrogen (secondary N) is 2. The highest BCUT2D eigenvalue weighted by Gasteiger charge is 2.16. The number of nitrogens with zero attached hydrogens (tertiary/aromatic N) is 1. The second kappa shape index (κ2) is 7.06. The van der Waals surface area contributed by atoms with Crippen molar-refractivity contribution in [2.75, 3.05) is 39.0 Å². The summed E-state index contributed by atoms with van der Waals surface area (Å²) in [5.41, 5.74) is 2.43. The fraction of sp³-hybridized carbons (Fsp3) is 0.467. The molecule has 1 aliphatic heterocycles. The average molecular weight is 309 g/mol. The number of hydrogen-bond donors (Lipinski definition) is 2. The van der Waals surface area contributed by atoms with Gasteiger partial charge in [-0.1, -0.05) is 11.6 Å². The van der Waals surface area contributed by atoms with Crippen molar-refractivity contribution < 1.29 is 8.42 Å². The van der Waals surface area contributed by atoms with E-state index in [2.05, 4.69) is 16.7 Å². The highest BCUT2D eigenvalue weighted by Crippen LogP contribution is 2.17. The van der Waals surface area contributed by atoms with Gasteiger partial charge in [0.15, 0.2) is 0 Å². The topological polar surface area (TPSA) is 61.4 Å². The summed E-state index contributed by atoms with van der Waals surface area (Å²) < 4.78 is 25.1. The average Bonchev–Trinajstić information content (AvgIpc) is 2.49. The molecule has 0 atom stereocenters. The lowest BCUT2D eigenvalue weighted by Crippen LogP contribution is -2.22. The first-order chi connectivity index (χ1) is 10.00. The summed E-state index contributed by atoms with van der Waals surface area (Å²) in [6.07, 6.45) is 4.39. The molecule has 5 nitrogen and oxygen atoms in total. The van der Waals surface area contributed by atoms with Crippen molar-refractivity contribution in [3.63, 3.8) is 0 Å². The highest BCUT2D eigenvalue weighted by atomic mass is 32.2. The Hall–Kier alpha value is -1.37. The smallest absolute Gasteiger partial charge is 0.242 e. The lowest BCUT2D eigenvalue weighted by atomic mass is 10.1. The van der Waals surface area contributed by atoms with Crippen molar-refractivity contribution in [2.24, 2.45) is 0 Å². The van der Waals surface area contributed by atoms with Gasteiger partial charge in [-0.25, -0.2) is 12.7 Å². The molecule has 0 bridgehead atoms. The first-order valence-electron chi connectivity index (χ1n) is 7.15. The predicted octanol–water partition coefficient (Wildman–Crippen LogP) is 1.66. The van der Waals surface area contributed by atoms with E-state index in [9.17, 15) is 8.42 Å². The van der Waals surface area contributed by atoms with Crippen LogP contribution < -0.4 is 10.6 Å². The predicted molar refractivity (Wildman–Crippen MR) is 86.0 cm³/mol. The maximum Gasteiger partial charge on any atom is 0.242 e. The van der Waals surface area contributed by atoms with Crippen LogP contribution in [0.4, 0.5) is 5.69 Å². The van der Waals surface area contributed by atoms with Gasteiger partial charge in [0.2, 0.25) is 10.0 Å². The van der Waals surface area contributed by atoms with Crippen molar-refractivity contribution in [3.05, 3.63) is 35.9 Å². The summed E-state index contributed by atoms with van der Waals surface area (Å²) in [5, 5.41) is 6.62. The zero-order chi connectivity index (χ0) is 15.3. The molecule has 116 valence electrons. The standard InChI is InChI=1S/C15H23N3O2S/c1-18(2)21(19,20)15-5-3-14(4-6-15)17-12-9-13-7-10-16-11-8-13/h3-7,16-17H,8-12H2,1-2H3. The number of anilines is 1. The van der Waals surface area contributed by atoms with Gasteiger partial charge in [0.1, 0.15) is 0 Å². The first-order valence-corrected chi connectivity index (χ1v) is 8.59. The minimum absolute atomic E-state index is 0.319. The molecule has 1 aromatic carbocycles. The molecule has 0 unspecified atom stereocenters. The van der Waals surface area contributed by atoms with Crippen molar-refractivity contribution in [1.29, 1.82) is 0 Å². The summed E-state index contributed by atoms with van der Waals surface area (Å²) >= 11 is 0. The van der Waals surface area contributed by atoms with E-state index < -0.39 is 10.0 Å². The van der Waals surface area contributed by atoms with Crippen LogP contribution in [0.3, 0.4) is 0 Å². The second-order valence-corrected chi connectivity index (χ2v) is 7.46. The maximum atomic E-state index is 12.0. The Morgan fingerprint density at radius 1 is 1.24 bits per heavy atom. The summed E-state index contributed by atoms with van der Waals surface area (Å²) in [4.78, 5) is 0.319. The molecule has 21 heavy (non-hydrogen) atoms. The number of benzene rings is 1. The molecule has 0 saturated carbocycles. The van der Waals surface area contributed by atoms with Gasteiger partial charge in [0.25, 0.3) is 0 Å². The Morgan fingerprint density at radius 2 is 1.95 bits per heavy atom.